The zero-order valence-electron chi connectivity index (χ0n) is 12.7. The number of carbonyl (C=O) groups is 1. The minimum Gasteiger partial charge on any atom is -0.356 e. The summed E-state index contributed by atoms with van der Waals surface area (Å²) in [4.78, 5) is 22.1. The van der Waals surface area contributed by atoms with Crippen LogP contribution < -0.4 is 10.2 Å². The molecule has 0 saturated carbocycles. The molecule has 1 N–H and O–H groups in total. The molecule has 2 rings (SSSR count). The number of halogens is 1. The van der Waals surface area contributed by atoms with Gasteiger partial charge in [-0.05, 0) is 25.2 Å². The van der Waals surface area contributed by atoms with E-state index in [0.717, 1.165) is 57.0 Å². The maximum atomic E-state index is 11.0. The Morgan fingerprint density at radius 3 is 2.76 bits per heavy atom. The van der Waals surface area contributed by atoms with Gasteiger partial charge in [0.15, 0.2) is 0 Å². The van der Waals surface area contributed by atoms with Gasteiger partial charge in [0.25, 0.3) is 0 Å². The summed E-state index contributed by atoms with van der Waals surface area (Å²) in [7, 11) is 0. The number of piperidine rings is 1. The van der Waals surface area contributed by atoms with E-state index >= 15 is 0 Å². The molecular formula is C15H23ClN4O. The molecule has 6 heteroatoms. The third-order valence-corrected chi connectivity index (χ3v) is 3.97. The smallest absolute Gasteiger partial charge is 0.216 e. The van der Waals surface area contributed by atoms with Gasteiger partial charge in [0.05, 0.1) is 0 Å². The normalized spacial score (nSPS) is 16.0. The van der Waals surface area contributed by atoms with Crippen molar-refractivity contribution in [2.24, 2.45) is 5.92 Å². The van der Waals surface area contributed by atoms with Crippen molar-refractivity contribution in [2.45, 2.75) is 39.5 Å². The lowest BCUT2D eigenvalue weighted by atomic mass is 9.97. The Morgan fingerprint density at radius 2 is 2.14 bits per heavy atom. The Morgan fingerprint density at radius 1 is 1.43 bits per heavy atom. The van der Waals surface area contributed by atoms with Gasteiger partial charge in [0.2, 0.25) is 5.91 Å². The largest absolute Gasteiger partial charge is 0.356 e. The van der Waals surface area contributed by atoms with Gasteiger partial charge in [-0.2, -0.15) is 0 Å². The highest BCUT2D eigenvalue weighted by atomic mass is 35.5. The van der Waals surface area contributed by atoms with Crippen LogP contribution in [0.2, 0.25) is 5.15 Å². The quantitative estimate of drug-likeness (QED) is 0.849. The van der Waals surface area contributed by atoms with Crippen LogP contribution in [-0.4, -0.2) is 35.5 Å². The predicted molar refractivity (Wildman–Crippen MR) is 84.7 cm³/mol. The van der Waals surface area contributed by atoms with Crippen molar-refractivity contribution in [3.05, 3.63) is 17.0 Å². The van der Waals surface area contributed by atoms with Crippen molar-refractivity contribution in [3.8, 4) is 0 Å². The first kappa shape index (κ1) is 16.0. The fourth-order valence-corrected chi connectivity index (χ4v) is 2.80. The Bertz CT molecular complexity index is 487. The van der Waals surface area contributed by atoms with Gasteiger partial charge in [-0.1, -0.05) is 18.5 Å². The Kier molecular flexibility index (Phi) is 5.79. The summed E-state index contributed by atoms with van der Waals surface area (Å²) in [5.41, 5.74) is 0. The minimum atomic E-state index is 0.0456. The monoisotopic (exact) mass is 310 g/mol. The highest BCUT2D eigenvalue weighted by Gasteiger charge is 2.21. The lowest BCUT2D eigenvalue weighted by molar-refractivity contribution is -0.119. The van der Waals surface area contributed by atoms with E-state index in [4.69, 9.17) is 11.6 Å². The molecule has 0 atom stereocenters. The van der Waals surface area contributed by atoms with E-state index in [1.807, 2.05) is 6.07 Å². The molecule has 1 aliphatic rings. The summed E-state index contributed by atoms with van der Waals surface area (Å²) in [5, 5.41) is 3.42. The molecule has 0 aliphatic carbocycles. The molecule has 1 amide bonds. The number of nitrogens with one attached hydrogen (secondary N) is 1. The lowest BCUT2D eigenvalue weighted by Crippen LogP contribution is -2.38. The number of amides is 1. The first-order valence-corrected chi connectivity index (χ1v) is 7.99. The highest BCUT2D eigenvalue weighted by molar-refractivity contribution is 6.29. The molecule has 2 heterocycles. The Labute approximate surface area is 131 Å². The number of rotatable bonds is 5. The van der Waals surface area contributed by atoms with Crippen LogP contribution in [0.4, 0.5) is 5.82 Å². The molecule has 0 bridgehead atoms. The maximum absolute atomic E-state index is 11.0. The molecule has 116 valence electrons. The van der Waals surface area contributed by atoms with Gasteiger partial charge >= 0.3 is 0 Å². The molecule has 0 unspecified atom stereocenters. The molecule has 1 saturated heterocycles. The van der Waals surface area contributed by atoms with E-state index in [1.165, 1.54) is 0 Å². The summed E-state index contributed by atoms with van der Waals surface area (Å²) >= 11 is 6.09. The zero-order chi connectivity index (χ0) is 15.2. The van der Waals surface area contributed by atoms with E-state index in [-0.39, 0.29) is 5.91 Å². The van der Waals surface area contributed by atoms with Crippen LogP contribution in [0, 0.1) is 5.92 Å². The molecule has 1 aromatic heterocycles. The predicted octanol–water partition coefficient (Wildman–Crippen LogP) is 2.44. The van der Waals surface area contributed by atoms with Crippen LogP contribution in [0.25, 0.3) is 0 Å². The average Bonchev–Trinajstić information content (AvgIpc) is 2.45. The number of anilines is 1. The van der Waals surface area contributed by atoms with Crippen LogP contribution in [-0.2, 0) is 11.2 Å². The average molecular weight is 311 g/mol. The van der Waals surface area contributed by atoms with E-state index in [9.17, 15) is 4.79 Å². The second-order valence-electron chi connectivity index (χ2n) is 5.58. The summed E-state index contributed by atoms with van der Waals surface area (Å²) in [6, 6.07) is 1.84. The molecule has 1 aliphatic heterocycles. The van der Waals surface area contributed by atoms with Gasteiger partial charge in [-0.25, -0.2) is 9.97 Å². The number of aryl methyl sites for hydroxylation is 1. The maximum Gasteiger partial charge on any atom is 0.216 e. The molecule has 0 spiro atoms. The highest BCUT2D eigenvalue weighted by Crippen LogP contribution is 2.23. The molecule has 21 heavy (non-hydrogen) atoms. The van der Waals surface area contributed by atoms with Crippen molar-refractivity contribution >= 4 is 23.3 Å². The number of carbonyl (C=O) groups excluding carboxylic acids is 1. The van der Waals surface area contributed by atoms with E-state index in [1.54, 1.807) is 6.92 Å². The molecular weight excluding hydrogens is 288 g/mol. The van der Waals surface area contributed by atoms with Crippen LogP contribution in [0.1, 0.15) is 38.9 Å². The number of hydrogen-bond acceptors (Lipinski definition) is 4. The molecule has 0 aromatic carbocycles. The minimum absolute atomic E-state index is 0.0456. The second-order valence-corrected chi connectivity index (χ2v) is 5.97. The van der Waals surface area contributed by atoms with Crippen LogP contribution in [0.5, 0.6) is 0 Å². The van der Waals surface area contributed by atoms with Gasteiger partial charge in [-0.15, -0.1) is 0 Å². The van der Waals surface area contributed by atoms with E-state index in [2.05, 4.69) is 27.1 Å². The molecule has 1 aromatic rings. The lowest BCUT2D eigenvalue weighted by Gasteiger charge is -2.33. The van der Waals surface area contributed by atoms with Crippen molar-refractivity contribution in [1.82, 2.24) is 15.3 Å². The second kappa shape index (κ2) is 7.59. The fourth-order valence-electron chi connectivity index (χ4n) is 2.60. The van der Waals surface area contributed by atoms with Crippen molar-refractivity contribution in [2.75, 3.05) is 24.5 Å². The summed E-state index contributed by atoms with van der Waals surface area (Å²) in [6.45, 7) is 6.34. The zero-order valence-corrected chi connectivity index (χ0v) is 13.5. The SMILES string of the molecule is CCCc1nc(Cl)cc(N2CCC(CNC(C)=O)CC2)n1. The Balaban J connectivity index is 1.94. The summed E-state index contributed by atoms with van der Waals surface area (Å²) in [6.07, 6.45) is 3.99. The van der Waals surface area contributed by atoms with Crippen molar-refractivity contribution < 1.29 is 4.79 Å². The van der Waals surface area contributed by atoms with Crippen LogP contribution in [0.3, 0.4) is 0 Å². The van der Waals surface area contributed by atoms with Crippen LogP contribution in [0.15, 0.2) is 6.07 Å². The topological polar surface area (TPSA) is 58.1 Å². The molecule has 0 radical (unpaired) electrons. The fraction of sp³-hybridized carbons (Fsp3) is 0.667. The van der Waals surface area contributed by atoms with Crippen LogP contribution >= 0.6 is 11.6 Å². The van der Waals surface area contributed by atoms with Crippen molar-refractivity contribution in [1.29, 1.82) is 0 Å². The number of aromatic nitrogens is 2. The number of nitrogens with zero attached hydrogens (tertiary/aromatic N) is 3. The third-order valence-electron chi connectivity index (χ3n) is 3.78. The van der Waals surface area contributed by atoms with E-state index < -0.39 is 0 Å². The van der Waals surface area contributed by atoms with Gasteiger partial charge in [0, 0.05) is 39.0 Å². The van der Waals surface area contributed by atoms with E-state index in [0.29, 0.717) is 11.1 Å². The summed E-state index contributed by atoms with van der Waals surface area (Å²) < 4.78 is 0. The van der Waals surface area contributed by atoms with Gasteiger partial charge < -0.3 is 10.2 Å². The first-order chi connectivity index (χ1) is 10.1. The Hall–Kier alpha value is -1.36. The summed E-state index contributed by atoms with van der Waals surface area (Å²) in [5.74, 6) is 2.35. The number of hydrogen-bond donors (Lipinski definition) is 1. The molecule has 5 nitrogen and oxygen atoms in total. The van der Waals surface area contributed by atoms with Gasteiger partial charge in [-0.3, -0.25) is 4.79 Å². The van der Waals surface area contributed by atoms with Gasteiger partial charge in [0.1, 0.15) is 16.8 Å². The third kappa shape index (κ3) is 4.84. The van der Waals surface area contributed by atoms with Crippen molar-refractivity contribution in [3.63, 3.8) is 0 Å². The standard InChI is InChI=1S/C15H23ClN4O/c1-3-4-14-18-13(16)9-15(19-14)20-7-5-12(6-8-20)10-17-11(2)21/h9,12H,3-8,10H2,1-2H3,(H,17,21). The first-order valence-electron chi connectivity index (χ1n) is 7.61. The molecule has 1 fully saturated rings.